The van der Waals surface area contributed by atoms with Crippen LogP contribution in [0.2, 0.25) is 0 Å². The number of aliphatic hydroxyl groups excluding tert-OH is 1. The summed E-state index contributed by atoms with van der Waals surface area (Å²) in [5, 5.41) is 9.67. The van der Waals surface area contributed by atoms with Crippen LogP contribution in [0.5, 0.6) is 0 Å². The lowest BCUT2D eigenvalue weighted by atomic mass is 10.0. The molecule has 0 aromatic heterocycles. The normalized spacial score (nSPS) is 34.5. The molecule has 2 bridgehead atoms. The number of hydrogen-bond donors (Lipinski definition) is 1. The molecule has 16 heavy (non-hydrogen) atoms. The summed E-state index contributed by atoms with van der Waals surface area (Å²) in [5.74, 6) is 0. The summed E-state index contributed by atoms with van der Waals surface area (Å²) in [6.45, 7) is 3.14. The lowest BCUT2D eigenvalue weighted by molar-refractivity contribution is 0.00763. The summed E-state index contributed by atoms with van der Waals surface area (Å²) < 4.78 is 10.4. The average molecular weight is 229 g/mol. The Morgan fingerprint density at radius 1 is 1.12 bits per heavy atom. The van der Waals surface area contributed by atoms with Crippen molar-refractivity contribution in [2.24, 2.45) is 0 Å². The maximum atomic E-state index is 9.67. The number of methoxy groups -OCH3 is 1. The zero-order chi connectivity index (χ0) is 11.4. The van der Waals surface area contributed by atoms with Crippen LogP contribution in [0.15, 0.2) is 0 Å². The fourth-order valence-corrected chi connectivity index (χ4v) is 3.02. The second kappa shape index (κ2) is 5.96. The van der Waals surface area contributed by atoms with Gasteiger partial charge in [0.05, 0.1) is 25.9 Å². The first-order valence-electron chi connectivity index (χ1n) is 6.31. The maximum absolute atomic E-state index is 9.67. The van der Waals surface area contributed by atoms with Gasteiger partial charge in [0.1, 0.15) is 0 Å². The van der Waals surface area contributed by atoms with Crippen molar-refractivity contribution in [1.82, 2.24) is 4.90 Å². The standard InChI is InChI=1S/C12H23NO3/c1-15-6-7-16-5-4-13-10-2-3-11(13)9-12(14)8-10/h10-12,14H,2-9H2,1H3. The van der Waals surface area contributed by atoms with Crippen molar-refractivity contribution in [2.75, 3.05) is 33.5 Å². The van der Waals surface area contributed by atoms with Crippen LogP contribution in [-0.4, -0.2) is 61.7 Å². The summed E-state index contributed by atoms with van der Waals surface area (Å²) in [6.07, 6.45) is 4.34. The van der Waals surface area contributed by atoms with E-state index in [0.29, 0.717) is 25.3 Å². The zero-order valence-corrected chi connectivity index (χ0v) is 10.1. The van der Waals surface area contributed by atoms with E-state index in [4.69, 9.17) is 9.47 Å². The van der Waals surface area contributed by atoms with Crippen LogP contribution >= 0.6 is 0 Å². The van der Waals surface area contributed by atoms with Gasteiger partial charge >= 0.3 is 0 Å². The molecule has 0 aliphatic carbocycles. The first kappa shape index (κ1) is 12.3. The Hall–Kier alpha value is -0.160. The predicted molar refractivity (Wildman–Crippen MR) is 61.5 cm³/mol. The highest BCUT2D eigenvalue weighted by Gasteiger charge is 2.39. The predicted octanol–water partition coefficient (Wildman–Crippen LogP) is 0.637. The quantitative estimate of drug-likeness (QED) is 0.679. The van der Waals surface area contributed by atoms with E-state index in [1.165, 1.54) is 12.8 Å². The van der Waals surface area contributed by atoms with Crippen LogP contribution in [-0.2, 0) is 9.47 Å². The van der Waals surface area contributed by atoms with Crippen LogP contribution in [0.4, 0.5) is 0 Å². The van der Waals surface area contributed by atoms with Crippen molar-refractivity contribution in [3.8, 4) is 0 Å². The smallest absolute Gasteiger partial charge is 0.0700 e. The van der Waals surface area contributed by atoms with Crippen LogP contribution in [0.3, 0.4) is 0 Å². The lowest BCUT2D eigenvalue weighted by Crippen LogP contribution is -2.46. The summed E-state index contributed by atoms with van der Waals surface area (Å²) in [6, 6.07) is 1.19. The highest BCUT2D eigenvalue weighted by Crippen LogP contribution is 2.35. The van der Waals surface area contributed by atoms with Crippen molar-refractivity contribution in [1.29, 1.82) is 0 Å². The largest absolute Gasteiger partial charge is 0.393 e. The van der Waals surface area contributed by atoms with E-state index in [1.54, 1.807) is 7.11 Å². The Balaban J connectivity index is 1.66. The van der Waals surface area contributed by atoms with Crippen molar-refractivity contribution >= 4 is 0 Å². The van der Waals surface area contributed by atoms with Crippen molar-refractivity contribution in [2.45, 2.75) is 43.9 Å². The van der Waals surface area contributed by atoms with Crippen molar-refractivity contribution in [3.05, 3.63) is 0 Å². The first-order valence-corrected chi connectivity index (χ1v) is 6.31. The Kier molecular flexibility index (Phi) is 4.58. The molecule has 2 aliphatic heterocycles. The molecular weight excluding hydrogens is 206 g/mol. The van der Waals surface area contributed by atoms with Gasteiger partial charge in [-0.25, -0.2) is 0 Å². The molecule has 2 rings (SSSR count). The van der Waals surface area contributed by atoms with Gasteiger partial charge in [0.15, 0.2) is 0 Å². The molecule has 2 aliphatic rings. The third-order valence-electron chi connectivity index (χ3n) is 3.79. The SMILES string of the molecule is COCCOCCN1C2CCC1CC(O)C2. The van der Waals surface area contributed by atoms with Crippen molar-refractivity contribution < 1.29 is 14.6 Å². The van der Waals surface area contributed by atoms with Gasteiger partial charge in [0, 0.05) is 25.7 Å². The molecule has 94 valence electrons. The Bertz CT molecular complexity index is 198. The van der Waals surface area contributed by atoms with Gasteiger partial charge < -0.3 is 14.6 Å². The monoisotopic (exact) mass is 229 g/mol. The molecule has 0 radical (unpaired) electrons. The second-order valence-corrected chi connectivity index (χ2v) is 4.85. The lowest BCUT2D eigenvalue weighted by Gasteiger charge is -2.36. The van der Waals surface area contributed by atoms with E-state index >= 15 is 0 Å². The molecule has 2 fully saturated rings. The first-order chi connectivity index (χ1) is 7.81. The number of fused-ring (bicyclic) bond motifs is 2. The van der Waals surface area contributed by atoms with E-state index in [0.717, 1.165) is 26.0 Å². The minimum Gasteiger partial charge on any atom is -0.393 e. The van der Waals surface area contributed by atoms with Gasteiger partial charge in [-0.3, -0.25) is 4.90 Å². The van der Waals surface area contributed by atoms with Gasteiger partial charge in [0.2, 0.25) is 0 Å². The number of rotatable bonds is 6. The highest BCUT2D eigenvalue weighted by atomic mass is 16.5. The molecule has 0 amide bonds. The molecule has 4 heteroatoms. The summed E-state index contributed by atoms with van der Waals surface area (Å²) >= 11 is 0. The Morgan fingerprint density at radius 2 is 1.81 bits per heavy atom. The summed E-state index contributed by atoms with van der Waals surface area (Å²) in [5.41, 5.74) is 0. The molecule has 2 heterocycles. The molecule has 2 saturated heterocycles. The third-order valence-corrected chi connectivity index (χ3v) is 3.79. The molecule has 1 N–H and O–H groups in total. The van der Waals surface area contributed by atoms with Gasteiger partial charge in [-0.15, -0.1) is 0 Å². The molecule has 4 nitrogen and oxygen atoms in total. The Morgan fingerprint density at radius 3 is 2.44 bits per heavy atom. The molecule has 2 atom stereocenters. The van der Waals surface area contributed by atoms with E-state index in [1.807, 2.05) is 0 Å². The van der Waals surface area contributed by atoms with Gasteiger partial charge in [0.25, 0.3) is 0 Å². The van der Waals surface area contributed by atoms with Crippen LogP contribution in [0.25, 0.3) is 0 Å². The molecule has 0 aromatic rings. The van der Waals surface area contributed by atoms with Gasteiger partial charge in [-0.1, -0.05) is 0 Å². The maximum Gasteiger partial charge on any atom is 0.0700 e. The van der Waals surface area contributed by atoms with Crippen LogP contribution in [0, 0.1) is 0 Å². The van der Waals surface area contributed by atoms with E-state index in [-0.39, 0.29) is 6.10 Å². The minimum atomic E-state index is -0.0665. The molecular formula is C12H23NO3. The summed E-state index contributed by atoms with van der Waals surface area (Å²) in [4.78, 5) is 2.53. The van der Waals surface area contributed by atoms with Gasteiger partial charge in [-0.05, 0) is 25.7 Å². The average Bonchev–Trinajstić information content (AvgIpc) is 2.51. The molecule has 2 unspecified atom stereocenters. The molecule has 0 aromatic carbocycles. The van der Waals surface area contributed by atoms with Crippen LogP contribution < -0.4 is 0 Å². The minimum absolute atomic E-state index is 0.0665. The second-order valence-electron chi connectivity index (χ2n) is 4.85. The zero-order valence-electron chi connectivity index (χ0n) is 10.1. The third kappa shape index (κ3) is 2.94. The van der Waals surface area contributed by atoms with Crippen molar-refractivity contribution in [3.63, 3.8) is 0 Å². The Labute approximate surface area is 97.5 Å². The fraction of sp³-hybridized carbons (Fsp3) is 1.00. The number of piperidine rings is 1. The molecule has 0 spiro atoms. The molecule has 0 saturated carbocycles. The number of aliphatic hydroxyl groups is 1. The number of hydrogen-bond acceptors (Lipinski definition) is 4. The van der Waals surface area contributed by atoms with Crippen LogP contribution in [0.1, 0.15) is 25.7 Å². The van der Waals surface area contributed by atoms with E-state index < -0.39 is 0 Å². The number of ether oxygens (including phenoxy) is 2. The summed E-state index contributed by atoms with van der Waals surface area (Å²) in [7, 11) is 1.69. The van der Waals surface area contributed by atoms with E-state index in [9.17, 15) is 5.11 Å². The topological polar surface area (TPSA) is 41.9 Å². The van der Waals surface area contributed by atoms with Gasteiger partial charge in [-0.2, -0.15) is 0 Å². The fourth-order valence-electron chi connectivity index (χ4n) is 3.02. The number of nitrogens with zero attached hydrogens (tertiary/aromatic N) is 1. The highest BCUT2D eigenvalue weighted by molar-refractivity contribution is 4.94. The van der Waals surface area contributed by atoms with E-state index in [2.05, 4.69) is 4.90 Å².